The molecular weight excluding hydrogens is 448 g/mol. The summed E-state index contributed by atoms with van der Waals surface area (Å²) in [4.78, 5) is 38.9. The average molecular weight is 479 g/mol. The van der Waals surface area contributed by atoms with Gasteiger partial charge in [0.05, 0.1) is 6.61 Å². The maximum absolute atomic E-state index is 13.1. The molecule has 1 saturated carbocycles. The van der Waals surface area contributed by atoms with Gasteiger partial charge in [0.15, 0.2) is 5.54 Å². The molecule has 8 heteroatoms. The minimum atomic E-state index is -1.31. The number of aliphatic carboxylic acids is 1. The van der Waals surface area contributed by atoms with Crippen LogP contribution in [0.15, 0.2) is 48.5 Å². The lowest BCUT2D eigenvalue weighted by molar-refractivity contribution is -0.159. The van der Waals surface area contributed by atoms with Crippen LogP contribution < -0.4 is 5.32 Å². The zero-order chi connectivity index (χ0) is 24.6. The van der Waals surface area contributed by atoms with Crippen molar-refractivity contribution in [3.63, 3.8) is 0 Å². The summed E-state index contributed by atoms with van der Waals surface area (Å²) in [6.07, 6.45) is 1.48. The fourth-order valence-electron chi connectivity index (χ4n) is 5.76. The first-order valence-corrected chi connectivity index (χ1v) is 12.1. The monoisotopic (exact) mass is 478 g/mol. The summed E-state index contributed by atoms with van der Waals surface area (Å²) in [7, 11) is 1.54. The molecule has 184 valence electrons. The first-order valence-electron chi connectivity index (χ1n) is 12.1. The molecule has 35 heavy (non-hydrogen) atoms. The number of carboxylic acid groups (broad SMARTS) is 1. The number of fused-ring (bicyclic) bond motifs is 3. The normalized spacial score (nSPS) is 25.1. The second-order valence-electron chi connectivity index (χ2n) is 9.71. The van der Waals surface area contributed by atoms with E-state index in [9.17, 15) is 19.5 Å². The van der Waals surface area contributed by atoms with E-state index in [0.717, 1.165) is 11.1 Å². The predicted molar refractivity (Wildman–Crippen MR) is 128 cm³/mol. The number of hydrogen-bond acceptors (Lipinski definition) is 5. The number of nitrogens with zero attached hydrogens (tertiary/aromatic N) is 1. The van der Waals surface area contributed by atoms with E-state index < -0.39 is 17.6 Å². The summed E-state index contributed by atoms with van der Waals surface area (Å²) in [5.74, 6) is -1.61. The maximum atomic E-state index is 13.1. The van der Waals surface area contributed by atoms with Crippen molar-refractivity contribution >= 4 is 18.0 Å². The maximum Gasteiger partial charge on any atom is 0.407 e. The Hall–Kier alpha value is -3.39. The van der Waals surface area contributed by atoms with Crippen molar-refractivity contribution in [1.29, 1.82) is 0 Å². The van der Waals surface area contributed by atoms with Crippen molar-refractivity contribution in [2.75, 3.05) is 26.9 Å². The number of amides is 2. The molecule has 5 rings (SSSR count). The molecule has 2 fully saturated rings. The standard InChI is InChI=1S/C27H30N2O6/c1-29(27(25(31)32)12-13-34-16-27)24(30)17-10-11-18(14-17)28-26(33)35-15-23-21-8-4-2-6-19(21)20-7-3-5-9-22(20)23/h2-9,17-18,23H,10-16H2,1H3,(H,28,33)(H,31,32)/t17-,18+,27?/m1/s1. The van der Waals surface area contributed by atoms with Gasteiger partial charge in [-0.1, -0.05) is 48.5 Å². The summed E-state index contributed by atoms with van der Waals surface area (Å²) >= 11 is 0. The number of nitrogens with one attached hydrogen (secondary N) is 1. The van der Waals surface area contributed by atoms with E-state index in [0.29, 0.717) is 25.9 Å². The predicted octanol–water partition coefficient (Wildman–Crippen LogP) is 3.40. The molecule has 3 atom stereocenters. The molecule has 8 nitrogen and oxygen atoms in total. The molecule has 2 aliphatic carbocycles. The Bertz CT molecular complexity index is 1100. The minimum absolute atomic E-state index is 0.00127. The molecule has 1 heterocycles. The lowest BCUT2D eigenvalue weighted by Gasteiger charge is -2.35. The number of carboxylic acids is 1. The van der Waals surface area contributed by atoms with Crippen molar-refractivity contribution in [3.8, 4) is 11.1 Å². The fraction of sp³-hybridized carbons (Fsp3) is 0.444. The van der Waals surface area contributed by atoms with Crippen molar-refractivity contribution in [3.05, 3.63) is 59.7 Å². The third-order valence-corrected chi connectivity index (χ3v) is 7.82. The first-order chi connectivity index (χ1) is 16.9. The molecule has 0 bridgehead atoms. The second kappa shape index (κ2) is 9.34. The van der Waals surface area contributed by atoms with Crippen molar-refractivity contribution in [2.45, 2.75) is 43.2 Å². The van der Waals surface area contributed by atoms with Gasteiger partial charge in [-0.3, -0.25) is 4.79 Å². The molecule has 3 aliphatic rings. The average Bonchev–Trinajstić information content (AvgIpc) is 3.60. The molecular formula is C27H30N2O6. The summed E-state index contributed by atoms with van der Waals surface area (Å²) in [6, 6.07) is 16.2. The number of likely N-dealkylation sites (N-methyl/N-ethyl adjacent to an activating group) is 1. The van der Waals surface area contributed by atoms with Crippen LogP contribution in [0.3, 0.4) is 0 Å². The Labute approximate surface area is 204 Å². The lowest BCUT2D eigenvalue weighted by atomic mass is 9.94. The van der Waals surface area contributed by atoms with Crippen molar-refractivity contribution < 1.29 is 29.0 Å². The van der Waals surface area contributed by atoms with E-state index >= 15 is 0 Å². The Balaban J connectivity index is 1.16. The zero-order valence-electron chi connectivity index (χ0n) is 19.7. The summed E-state index contributed by atoms with van der Waals surface area (Å²) in [5, 5.41) is 12.6. The van der Waals surface area contributed by atoms with Gasteiger partial charge in [-0.05, 0) is 41.5 Å². The summed E-state index contributed by atoms with van der Waals surface area (Å²) in [6.45, 7) is 0.554. The lowest BCUT2D eigenvalue weighted by Crippen LogP contribution is -2.57. The highest BCUT2D eigenvalue weighted by atomic mass is 16.5. The van der Waals surface area contributed by atoms with Crippen LogP contribution in [-0.4, -0.2) is 66.4 Å². The molecule has 0 spiro atoms. The van der Waals surface area contributed by atoms with E-state index in [1.54, 1.807) is 0 Å². The summed E-state index contributed by atoms with van der Waals surface area (Å²) in [5.41, 5.74) is 3.34. The highest BCUT2D eigenvalue weighted by Crippen LogP contribution is 2.44. The van der Waals surface area contributed by atoms with E-state index in [-0.39, 0.29) is 43.4 Å². The number of hydrogen-bond donors (Lipinski definition) is 2. The van der Waals surface area contributed by atoms with E-state index in [4.69, 9.17) is 9.47 Å². The topological polar surface area (TPSA) is 105 Å². The van der Waals surface area contributed by atoms with Gasteiger partial charge < -0.3 is 24.8 Å². The zero-order valence-corrected chi connectivity index (χ0v) is 19.7. The SMILES string of the molecule is CN(C(=O)[C@@H]1CC[C@H](NC(=O)OCC2c3ccccc3-c3ccccc32)C1)C1(C(=O)O)CCOC1. The first kappa shape index (κ1) is 23.4. The highest BCUT2D eigenvalue weighted by Gasteiger charge is 2.50. The van der Waals surface area contributed by atoms with E-state index in [1.165, 1.54) is 23.1 Å². The highest BCUT2D eigenvalue weighted by molar-refractivity contribution is 5.88. The van der Waals surface area contributed by atoms with Crippen LogP contribution in [-0.2, 0) is 19.1 Å². The van der Waals surface area contributed by atoms with Crippen molar-refractivity contribution in [1.82, 2.24) is 10.2 Å². The third kappa shape index (κ3) is 4.16. The van der Waals surface area contributed by atoms with Crippen LogP contribution in [0.1, 0.15) is 42.7 Å². The van der Waals surface area contributed by atoms with Gasteiger partial charge in [0, 0.05) is 38.0 Å². The van der Waals surface area contributed by atoms with Gasteiger partial charge >= 0.3 is 12.1 Å². The molecule has 2 aromatic rings. The Morgan fingerprint density at radius 1 is 1.09 bits per heavy atom. The van der Waals surface area contributed by atoms with Crippen LogP contribution in [0, 0.1) is 5.92 Å². The fourth-order valence-corrected chi connectivity index (χ4v) is 5.76. The van der Waals surface area contributed by atoms with Gasteiger partial charge in [0.2, 0.25) is 5.91 Å². The molecule has 2 N–H and O–H groups in total. The largest absolute Gasteiger partial charge is 0.479 e. The summed E-state index contributed by atoms with van der Waals surface area (Å²) < 4.78 is 10.9. The number of carbonyl (C=O) groups excluding carboxylic acids is 2. The Morgan fingerprint density at radius 3 is 2.34 bits per heavy atom. The minimum Gasteiger partial charge on any atom is -0.479 e. The quantitative estimate of drug-likeness (QED) is 0.659. The van der Waals surface area contributed by atoms with Crippen LogP contribution in [0.2, 0.25) is 0 Å². The number of alkyl carbamates (subject to hydrolysis) is 1. The molecule has 0 radical (unpaired) electrons. The van der Waals surface area contributed by atoms with Gasteiger partial charge in [-0.15, -0.1) is 0 Å². The molecule has 1 unspecified atom stereocenters. The van der Waals surface area contributed by atoms with Crippen LogP contribution >= 0.6 is 0 Å². The number of benzene rings is 2. The molecule has 2 amide bonds. The molecule has 1 saturated heterocycles. The molecule has 0 aromatic heterocycles. The van der Waals surface area contributed by atoms with Crippen LogP contribution in [0.4, 0.5) is 4.79 Å². The smallest absolute Gasteiger partial charge is 0.407 e. The third-order valence-electron chi connectivity index (χ3n) is 7.82. The van der Waals surface area contributed by atoms with Crippen molar-refractivity contribution in [2.24, 2.45) is 5.92 Å². The van der Waals surface area contributed by atoms with Crippen LogP contribution in [0.25, 0.3) is 11.1 Å². The van der Waals surface area contributed by atoms with E-state index in [2.05, 4.69) is 29.6 Å². The Kier molecular flexibility index (Phi) is 6.23. The molecule has 1 aliphatic heterocycles. The van der Waals surface area contributed by atoms with Gasteiger partial charge in [0.25, 0.3) is 0 Å². The second-order valence-corrected chi connectivity index (χ2v) is 9.71. The Morgan fingerprint density at radius 2 is 1.74 bits per heavy atom. The number of ether oxygens (including phenoxy) is 2. The van der Waals surface area contributed by atoms with Crippen LogP contribution in [0.5, 0.6) is 0 Å². The number of rotatable bonds is 6. The number of carbonyl (C=O) groups is 3. The molecule has 2 aromatic carbocycles. The van der Waals surface area contributed by atoms with Gasteiger partial charge in [-0.2, -0.15) is 0 Å². The van der Waals surface area contributed by atoms with E-state index in [1.807, 2.05) is 24.3 Å². The van der Waals surface area contributed by atoms with Gasteiger partial charge in [0.1, 0.15) is 6.61 Å². The van der Waals surface area contributed by atoms with Gasteiger partial charge in [-0.25, -0.2) is 9.59 Å².